The Balaban J connectivity index is 2.08. The van der Waals surface area contributed by atoms with Crippen molar-refractivity contribution in [2.45, 2.75) is 33.3 Å². The summed E-state index contributed by atoms with van der Waals surface area (Å²) in [4.78, 5) is 4.04. The molecule has 3 heteroatoms. The van der Waals surface area contributed by atoms with Crippen LogP contribution in [0.25, 0.3) is 0 Å². The highest BCUT2D eigenvalue weighted by atomic mass is 16.5. The fourth-order valence-corrected chi connectivity index (χ4v) is 2.12. The maximum absolute atomic E-state index is 5.79. The summed E-state index contributed by atoms with van der Waals surface area (Å²) in [5.74, 6) is 1.92. The van der Waals surface area contributed by atoms with Crippen molar-refractivity contribution in [1.29, 1.82) is 0 Å². The molecule has 0 atom stereocenters. The largest absolute Gasteiger partial charge is 0.489 e. The molecule has 2 rings (SSSR count). The van der Waals surface area contributed by atoms with Gasteiger partial charge in [0.25, 0.3) is 0 Å². The van der Waals surface area contributed by atoms with E-state index >= 15 is 0 Å². The first-order chi connectivity index (χ1) is 9.08. The normalized spacial score (nSPS) is 10.7. The number of aryl methyl sites for hydroxylation is 1. The van der Waals surface area contributed by atoms with Gasteiger partial charge < -0.3 is 10.5 Å². The number of hydrogen-bond acceptors (Lipinski definition) is 3. The van der Waals surface area contributed by atoms with Gasteiger partial charge in [0.1, 0.15) is 18.2 Å². The lowest BCUT2D eigenvalue weighted by Gasteiger charge is -2.13. The number of nitrogens with zero attached hydrogens (tertiary/aromatic N) is 1. The molecule has 0 aliphatic heterocycles. The number of nitrogens with two attached hydrogens (primary N) is 1. The summed E-state index contributed by atoms with van der Waals surface area (Å²) in [5, 5.41) is 0. The number of benzene rings is 1. The second-order valence-electron chi connectivity index (χ2n) is 5.01. The lowest BCUT2D eigenvalue weighted by Crippen LogP contribution is -2.02. The molecule has 0 amide bonds. The van der Waals surface area contributed by atoms with Crippen LogP contribution in [-0.4, -0.2) is 4.98 Å². The first-order valence-electron chi connectivity index (χ1n) is 6.50. The van der Waals surface area contributed by atoms with E-state index in [9.17, 15) is 0 Å². The van der Waals surface area contributed by atoms with Crippen LogP contribution >= 0.6 is 0 Å². The quantitative estimate of drug-likeness (QED) is 0.907. The standard InChI is InChI=1S/C16H20N2O/c1-11(2)15-7-6-14(9-12(15)3)19-10-13-5-4-8-18-16(13)17/h4-9,11H,10H2,1-3H3,(H2,17,18). The molecule has 19 heavy (non-hydrogen) atoms. The number of hydrogen-bond donors (Lipinski definition) is 1. The van der Waals surface area contributed by atoms with E-state index < -0.39 is 0 Å². The molecular weight excluding hydrogens is 236 g/mol. The molecule has 3 nitrogen and oxygen atoms in total. The van der Waals surface area contributed by atoms with Gasteiger partial charge in [0, 0.05) is 11.8 Å². The van der Waals surface area contributed by atoms with E-state index in [0.29, 0.717) is 18.3 Å². The Morgan fingerprint density at radius 1 is 1.26 bits per heavy atom. The minimum absolute atomic E-state index is 0.445. The van der Waals surface area contributed by atoms with Crippen molar-refractivity contribution in [3.63, 3.8) is 0 Å². The van der Waals surface area contributed by atoms with E-state index in [4.69, 9.17) is 10.5 Å². The van der Waals surface area contributed by atoms with Gasteiger partial charge in [-0.25, -0.2) is 4.98 Å². The van der Waals surface area contributed by atoms with E-state index in [1.165, 1.54) is 11.1 Å². The average molecular weight is 256 g/mol. The minimum Gasteiger partial charge on any atom is -0.489 e. The summed E-state index contributed by atoms with van der Waals surface area (Å²) in [6.45, 7) is 6.94. The van der Waals surface area contributed by atoms with Crippen molar-refractivity contribution in [1.82, 2.24) is 4.98 Å². The maximum Gasteiger partial charge on any atom is 0.129 e. The third-order valence-corrected chi connectivity index (χ3v) is 3.18. The van der Waals surface area contributed by atoms with Crippen LogP contribution in [0.15, 0.2) is 36.5 Å². The predicted molar refractivity (Wildman–Crippen MR) is 78.2 cm³/mol. The molecule has 1 heterocycles. The third kappa shape index (κ3) is 3.25. The molecule has 0 spiro atoms. The zero-order valence-corrected chi connectivity index (χ0v) is 11.7. The molecular formula is C16H20N2O. The molecule has 2 N–H and O–H groups in total. The molecule has 0 radical (unpaired) electrons. The fraction of sp³-hybridized carbons (Fsp3) is 0.312. The first-order valence-corrected chi connectivity index (χ1v) is 6.50. The lowest BCUT2D eigenvalue weighted by molar-refractivity contribution is 0.306. The van der Waals surface area contributed by atoms with Crippen molar-refractivity contribution in [3.05, 3.63) is 53.2 Å². The summed E-state index contributed by atoms with van der Waals surface area (Å²) in [7, 11) is 0. The van der Waals surface area contributed by atoms with Crippen molar-refractivity contribution in [2.24, 2.45) is 0 Å². The highest BCUT2D eigenvalue weighted by Gasteiger charge is 2.05. The predicted octanol–water partition coefficient (Wildman–Crippen LogP) is 3.67. The summed E-state index contributed by atoms with van der Waals surface area (Å²) in [5.41, 5.74) is 9.31. The Hall–Kier alpha value is -2.03. The SMILES string of the molecule is Cc1cc(OCc2cccnc2N)ccc1C(C)C. The van der Waals surface area contributed by atoms with Crippen LogP contribution < -0.4 is 10.5 Å². The van der Waals surface area contributed by atoms with Gasteiger partial charge in [-0.3, -0.25) is 0 Å². The van der Waals surface area contributed by atoms with E-state index in [2.05, 4.69) is 37.9 Å². The molecule has 0 aliphatic carbocycles. The Bertz CT molecular complexity index is 564. The van der Waals surface area contributed by atoms with E-state index in [1.807, 2.05) is 18.2 Å². The van der Waals surface area contributed by atoms with Crippen LogP contribution in [0.4, 0.5) is 5.82 Å². The van der Waals surface area contributed by atoms with Crippen LogP contribution in [0.5, 0.6) is 5.75 Å². The topological polar surface area (TPSA) is 48.1 Å². The van der Waals surface area contributed by atoms with Gasteiger partial charge in [0.2, 0.25) is 0 Å². The molecule has 0 aliphatic rings. The maximum atomic E-state index is 5.79. The van der Waals surface area contributed by atoms with Gasteiger partial charge in [0.05, 0.1) is 0 Å². The van der Waals surface area contributed by atoms with Crippen molar-refractivity contribution in [3.8, 4) is 5.75 Å². The van der Waals surface area contributed by atoms with Crippen LogP contribution in [0, 0.1) is 6.92 Å². The Labute approximate surface area is 114 Å². The summed E-state index contributed by atoms with van der Waals surface area (Å²) in [6.07, 6.45) is 1.68. The van der Waals surface area contributed by atoms with Gasteiger partial charge in [-0.1, -0.05) is 26.0 Å². The van der Waals surface area contributed by atoms with E-state index in [1.54, 1.807) is 6.20 Å². The molecule has 1 aromatic heterocycles. The number of aromatic nitrogens is 1. The molecule has 100 valence electrons. The van der Waals surface area contributed by atoms with Gasteiger partial charge in [-0.15, -0.1) is 0 Å². The number of anilines is 1. The van der Waals surface area contributed by atoms with Crippen LogP contribution in [0.3, 0.4) is 0 Å². The van der Waals surface area contributed by atoms with Gasteiger partial charge >= 0.3 is 0 Å². The number of rotatable bonds is 4. The molecule has 0 unspecified atom stereocenters. The summed E-state index contributed by atoms with van der Waals surface area (Å²) >= 11 is 0. The molecule has 2 aromatic rings. The van der Waals surface area contributed by atoms with E-state index in [-0.39, 0.29) is 0 Å². The molecule has 0 saturated carbocycles. The minimum atomic E-state index is 0.445. The second-order valence-corrected chi connectivity index (χ2v) is 5.01. The molecule has 0 bridgehead atoms. The second kappa shape index (κ2) is 5.74. The third-order valence-electron chi connectivity index (χ3n) is 3.18. The van der Waals surface area contributed by atoms with Crippen LogP contribution in [-0.2, 0) is 6.61 Å². The average Bonchev–Trinajstić information content (AvgIpc) is 2.37. The van der Waals surface area contributed by atoms with Gasteiger partial charge in [-0.05, 0) is 42.2 Å². The van der Waals surface area contributed by atoms with Gasteiger partial charge in [-0.2, -0.15) is 0 Å². The first kappa shape index (κ1) is 13.4. The fourth-order valence-electron chi connectivity index (χ4n) is 2.12. The Morgan fingerprint density at radius 3 is 2.68 bits per heavy atom. The number of nitrogen functional groups attached to an aromatic ring is 1. The summed E-state index contributed by atoms with van der Waals surface area (Å²) in [6, 6.07) is 10.00. The Kier molecular flexibility index (Phi) is 4.05. The van der Waals surface area contributed by atoms with Gasteiger partial charge in [0.15, 0.2) is 0 Å². The Morgan fingerprint density at radius 2 is 2.05 bits per heavy atom. The number of pyridine rings is 1. The van der Waals surface area contributed by atoms with Crippen molar-refractivity contribution in [2.75, 3.05) is 5.73 Å². The van der Waals surface area contributed by atoms with Crippen molar-refractivity contribution >= 4 is 5.82 Å². The highest BCUT2D eigenvalue weighted by Crippen LogP contribution is 2.24. The van der Waals surface area contributed by atoms with E-state index in [0.717, 1.165) is 11.3 Å². The smallest absolute Gasteiger partial charge is 0.129 e. The summed E-state index contributed by atoms with van der Waals surface area (Å²) < 4.78 is 5.77. The van der Waals surface area contributed by atoms with Crippen molar-refractivity contribution < 1.29 is 4.74 Å². The van der Waals surface area contributed by atoms with Crippen LogP contribution in [0.1, 0.15) is 36.5 Å². The zero-order chi connectivity index (χ0) is 13.8. The molecule has 0 saturated heterocycles. The monoisotopic (exact) mass is 256 g/mol. The number of ether oxygens (including phenoxy) is 1. The molecule has 1 aromatic carbocycles. The van der Waals surface area contributed by atoms with Crippen LogP contribution in [0.2, 0.25) is 0 Å². The highest BCUT2D eigenvalue weighted by molar-refractivity contribution is 5.39. The zero-order valence-electron chi connectivity index (χ0n) is 11.7. The lowest BCUT2D eigenvalue weighted by atomic mass is 9.98. The molecule has 0 fully saturated rings.